The summed E-state index contributed by atoms with van der Waals surface area (Å²) in [5.41, 5.74) is 2.46. The summed E-state index contributed by atoms with van der Waals surface area (Å²) < 4.78 is 16.2. The lowest BCUT2D eigenvalue weighted by molar-refractivity contribution is 0.526. The number of nitrogens with one attached hydrogen (secondary N) is 2. The molecule has 1 aliphatic carbocycles. The molecule has 1 aliphatic rings. The Morgan fingerprint density at radius 1 is 1.27 bits per heavy atom. The van der Waals surface area contributed by atoms with E-state index in [2.05, 4.69) is 38.2 Å². The first-order valence-electron chi connectivity index (χ1n) is 8.93. The molecule has 0 saturated carbocycles. The van der Waals surface area contributed by atoms with Gasteiger partial charge in [-0.15, -0.1) is 0 Å². The normalized spacial score (nSPS) is 17.2. The molecule has 4 rings (SSSR count). The highest BCUT2D eigenvalue weighted by molar-refractivity contribution is 5.87. The molecular weight excluding hydrogens is 329 g/mol. The first kappa shape index (κ1) is 16.6. The van der Waals surface area contributed by atoms with Gasteiger partial charge in [0.05, 0.1) is 5.69 Å². The van der Waals surface area contributed by atoms with Crippen LogP contribution in [0.4, 0.5) is 21.8 Å². The first-order chi connectivity index (χ1) is 12.7. The lowest BCUT2D eigenvalue weighted by atomic mass is 9.94. The van der Waals surface area contributed by atoms with Crippen LogP contribution < -0.4 is 10.6 Å². The van der Waals surface area contributed by atoms with Crippen molar-refractivity contribution in [3.05, 3.63) is 48.4 Å². The summed E-state index contributed by atoms with van der Waals surface area (Å²) in [6.07, 6.45) is 7.20. The second kappa shape index (κ2) is 6.78. The maximum atomic E-state index is 14.2. The van der Waals surface area contributed by atoms with Crippen molar-refractivity contribution in [3.63, 3.8) is 0 Å². The van der Waals surface area contributed by atoms with Gasteiger partial charge in [-0.05, 0) is 43.4 Å². The van der Waals surface area contributed by atoms with Crippen molar-refractivity contribution in [3.8, 4) is 0 Å². The molecule has 0 bridgehead atoms. The second-order valence-electron chi connectivity index (χ2n) is 6.77. The predicted octanol–water partition coefficient (Wildman–Crippen LogP) is 5.02. The van der Waals surface area contributed by atoms with E-state index in [1.165, 1.54) is 11.8 Å². The third-order valence-electron chi connectivity index (χ3n) is 4.84. The Bertz CT molecular complexity index is 975. The van der Waals surface area contributed by atoms with Crippen LogP contribution in [0.5, 0.6) is 0 Å². The highest BCUT2D eigenvalue weighted by atomic mass is 19.1. The molecule has 0 amide bonds. The van der Waals surface area contributed by atoms with Gasteiger partial charge in [-0.3, -0.25) is 4.57 Å². The monoisotopic (exact) mass is 351 g/mol. The zero-order valence-electron chi connectivity index (χ0n) is 15.0. The van der Waals surface area contributed by atoms with E-state index in [0.717, 1.165) is 36.1 Å². The van der Waals surface area contributed by atoms with E-state index >= 15 is 0 Å². The Morgan fingerprint density at radius 3 is 2.85 bits per heavy atom. The number of halogens is 1. The summed E-state index contributed by atoms with van der Waals surface area (Å²) in [5, 5.41) is 7.14. The van der Waals surface area contributed by atoms with Crippen LogP contribution in [0, 0.1) is 11.7 Å². The number of nitrogens with zero attached hydrogens (tertiary/aromatic N) is 3. The first-order valence-corrected chi connectivity index (χ1v) is 8.93. The quantitative estimate of drug-likeness (QED) is 0.693. The van der Waals surface area contributed by atoms with Crippen molar-refractivity contribution in [2.24, 2.45) is 5.92 Å². The number of allylic oxidation sites excluding steroid dienone is 2. The molecule has 2 aromatic heterocycles. The number of aromatic nitrogens is 3. The minimum atomic E-state index is -0.280. The Labute approximate surface area is 152 Å². The molecule has 0 radical (unpaired) electrons. The van der Waals surface area contributed by atoms with Crippen LogP contribution in [0.2, 0.25) is 0 Å². The fourth-order valence-electron chi connectivity index (χ4n) is 3.35. The minimum Gasteiger partial charge on any atom is -0.357 e. The molecule has 1 unspecified atom stereocenters. The highest BCUT2D eigenvalue weighted by Gasteiger charge is 2.19. The molecular formula is C20H22FN5. The SMILES string of the molecule is CNc1ncc2cc(Nc3ccccc3F)n(C3=CCC(C)CC3)c2n1. The summed E-state index contributed by atoms with van der Waals surface area (Å²) in [6, 6.07) is 8.67. The van der Waals surface area contributed by atoms with Gasteiger partial charge in [-0.1, -0.05) is 25.1 Å². The molecule has 1 atom stereocenters. The second-order valence-corrected chi connectivity index (χ2v) is 6.77. The number of hydrogen-bond acceptors (Lipinski definition) is 4. The Morgan fingerprint density at radius 2 is 2.12 bits per heavy atom. The highest BCUT2D eigenvalue weighted by Crippen LogP contribution is 2.34. The summed E-state index contributed by atoms with van der Waals surface area (Å²) in [6.45, 7) is 2.26. The number of benzene rings is 1. The van der Waals surface area contributed by atoms with Gasteiger partial charge in [-0.25, -0.2) is 9.37 Å². The van der Waals surface area contributed by atoms with Crippen molar-refractivity contribution in [2.45, 2.75) is 26.2 Å². The van der Waals surface area contributed by atoms with Crippen molar-refractivity contribution in [2.75, 3.05) is 17.7 Å². The van der Waals surface area contributed by atoms with Crippen molar-refractivity contribution < 1.29 is 4.39 Å². The zero-order valence-corrected chi connectivity index (χ0v) is 15.0. The molecule has 0 saturated heterocycles. The Kier molecular flexibility index (Phi) is 4.32. The molecule has 0 fully saturated rings. The molecule has 26 heavy (non-hydrogen) atoms. The van der Waals surface area contributed by atoms with E-state index in [1.54, 1.807) is 25.4 Å². The Hall–Kier alpha value is -2.89. The van der Waals surface area contributed by atoms with Gasteiger partial charge in [0.15, 0.2) is 5.65 Å². The third kappa shape index (κ3) is 3.03. The fourth-order valence-corrected chi connectivity index (χ4v) is 3.35. The van der Waals surface area contributed by atoms with Crippen LogP contribution in [0.15, 0.2) is 42.6 Å². The standard InChI is InChI=1S/C20H22FN5/c1-13-7-9-15(10-8-13)26-18(24-17-6-4-3-5-16(17)21)11-14-12-23-20(22-2)25-19(14)26/h3-6,9,11-13,24H,7-8,10H2,1-2H3,(H,22,23,25). The molecule has 2 heterocycles. The van der Waals surface area contributed by atoms with Gasteiger partial charge < -0.3 is 10.6 Å². The molecule has 0 spiro atoms. The zero-order chi connectivity index (χ0) is 18.1. The van der Waals surface area contributed by atoms with Crippen LogP contribution >= 0.6 is 0 Å². The van der Waals surface area contributed by atoms with E-state index < -0.39 is 0 Å². The largest absolute Gasteiger partial charge is 0.357 e. The summed E-state index contributed by atoms with van der Waals surface area (Å²) in [4.78, 5) is 8.94. The summed E-state index contributed by atoms with van der Waals surface area (Å²) >= 11 is 0. The van der Waals surface area contributed by atoms with Crippen molar-refractivity contribution >= 4 is 34.2 Å². The molecule has 3 aromatic rings. The van der Waals surface area contributed by atoms with E-state index in [4.69, 9.17) is 0 Å². The lowest BCUT2D eigenvalue weighted by Gasteiger charge is -2.22. The lowest BCUT2D eigenvalue weighted by Crippen LogP contribution is -2.10. The Balaban J connectivity index is 1.86. The number of fused-ring (bicyclic) bond motifs is 1. The number of anilines is 3. The predicted molar refractivity (Wildman–Crippen MR) is 104 cm³/mol. The third-order valence-corrected chi connectivity index (χ3v) is 4.84. The molecule has 0 aliphatic heterocycles. The van der Waals surface area contributed by atoms with Gasteiger partial charge in [0.2, 0.25) is 5.95 Å². The van der Waals surface area contributed by atoms with Gasteiger partial charge >= 0.3 is 0 Å². The number of para-hydroxylation sites is 1. The van der Waals surface area contributed by atoms with E-state index in [9.17, 15) is 4.39 Å². The number of rotatable bonds is 4. The van der Waals surface area contributed by atoms with E-state index in [-0.39, 0.29) is 5.82 Å². The average molecular weight is 351 g/mol. The van der Waals surface area contributed by atoms with Crippen LogP contribution in [0.3, 0.4) is 0 Å². The molecule has 134 valence electrons. The average Bonchev–Trinajstić information content (AvgIpc) is 3.01. The summed E-state index contributed by atoms with van der Waals surface area (Å²) in [5.74, 6) is 1.77. The van der Waals surface area contributed by atoms with Gasteiger partial charge in [0, 0.05) is 24.3 Å². The molecule has 1 aromatic carbocycles. The van der Waals surface area contributed by atoms with Crippen molar-refractivity contribution in [1.82, 2.24) is 14.5 Å². The van der Waals surface area contributed by atoms with Gasteiger partial charge in [0.25, 0.3) is 0 Å². The molecule has 6 heteroatoms. The van der Waals surface area contributed by atoms with Crippen LogP contribution in [0.25, 0.3) is 16.7 Å². The molecule has 5 nitrogen and oxygen atoms in total. The number of hydrogen-bond donors (Lipinski definition) is 2. The van der Waals surface area contributed by atoms with Crippen LogP contribution in [-0.4, -0.2) is 21.6 Å². The topological polar surface area (TPSA) is 54.8 Å². The van der Waals surface area contributed by atoms with Crippen molar-refractivity contribution in [1.29, 1.82) is 0 Å². The molecule has 2 N–H and O–H groups in total. The maximum Gasteiger partial charge on any atom is 0.224 e. The van der Waals surface area contributed by atoms with Crippen LogP contribution in [0.1, 0.15) is 26.2 Å². The minimum absolute atomic E-state index is 0.280. The van der Waals surface area contributed by atoms with Gasteiger partial charge in [0.1, 0.15) is 11.6 Å². The summed E-state index contributed by atoms with van der Waals surface area (Å²) in [7, 11) is 1.80. The fraction of sp³-hybridized carbons (Fsp3) is 0.300. The van der Waals surface area contributed by atoms with Crippen LogP contribution in [-0.2, 0) is 0 Å². The smallest absolute Gasteiger partial charge is 0.224 e. The maximum absolute atomic E-state index is 14.2. The van der Waals surface area contributed by atoms with Gasteiger partial charge in [-0.2, -0.15) is 4.98 Å². The van der Waals surface area contributed by atoms with E-state index in [0.29, 0.717) is 17.6 Å². The van der Waals surface area contributed by atoms with E-state index in [1.807, 2.05) is 12.1 Å².